The highest BCUT2D eigenvalue weighted by Gasteiger charge is 2.41. The van der Waals surface area contributed by atoms with Crippen LogP contribution in [0.4, 0.5) is 0 Å². The summed E-state index contributed by atoms with van der Waals surface area (Å²) in [7, 11) is 1.74. The van der Waals surface area contributed by atoms with Gasteiger partial charge in [-0.2, -0.15) is 0 Å². The van der Waals surface area contributed by atoms with Gasteiger partial charge in [0, 0.05) is 81.0 Å². The van der Waals surface area contributed by atoms with Gasteiger partial charge in [-0.25, -0.2) is 0 Å². The number of carbonyl (C=O) groups excluding carboxylic acids is 2. The second kappa shape index (κ2) is 12.2. The number of piperidine rings is 1. The van der Waals surface area contributed by atoms with E-state index >= 15 is 0 Å². The van der Waals surface area contributed by atoms with Gasteiger partial charge in [-0.1, -0.05) is 52.8 Å². The molecule has 0 spiro atoms. The molecule has 7 heteroatoms. The molecule has 2 amide bonds. The number of methoxy groups -OCH3 is 1. The maximum Gasteiger partial charge on any atom is 0.228 e. The first-order chi connectivity index (χ1) is 18.1. The molecule has 210 valence electrons. The Hall–Kier alpha value is -2.38. The molecule has 1 aliphatic heterocycles. The highest BCUT2D eigenvalue weighted by Crippen LogP contribution is 2.34. The number of hydrogen-bond acceptors (Lipinski definition) is 4. The molecular weight excluding hydrogens is 476 g/mol. The van der Waals surface area contributed by atoms with Crippen molar-refractivity contribution in [1.82, 2.24) is 19.7 Å². The van der Waals surface area contributed by atoms with Crippen molar-refractivity contribution >= 4 is 22.7 Å². The highest BCUT2D eigenvalue weighted by molar-refractivity contribution is 5.86. The minimum atomic E-state index is -0.441. The zero-order chi connectivity index (χ0) is 27.4. The molecule has 4 rings (SSSR count). The predicted molar refractivity (Wildman–Crippen MR) is 153 cm³/mol. The lowest BCUT2D eigenvalue weighted by atomic mass is 9.89. The van der Waals surface area contributed by atoms with Crippen LogP contribution < -0.4 is 5.32 Å². The Morgan fingerprint density at radius 3 is 2.50 bits per heavy atom. The number of rotatable bonds is 11. The Labute approximate surface area is 228 Å². The van der Waals surface area contributed by atoms with E-state index in [0.29, 0.717) is 25.0 Å². The Morgan fingerprint density at radius 1 is 1.11 bits per heavy atom. The van der Waals surface area contributed by atoms with Gasteiger partial charge in [0.05, 0.1) is 5.92 Å². The molecule has 1 aliphatic carbocycles. The number of amides is 2. The fourth-order valence-corrected chi connectivity index (χ4v) is 5.77. The van der Waals surface area contributed by atoms with Gasteiger partial charge in [0.1, 0.15) is 0 Å². The van der Waals surface area contributed by atoms with Crippen LogP contribution in [0.5, 0.6) is 0 Å². The maximum atomic E-state index is 14.1. The highest BCUT2D eigenvalue weighted by atomic mass is 16.5. The van der Waals surface area contributed by atoms with E-state index in [9.17, 15) is 9.59 Å². The monoisotopic (exact) mass is 524 g/mol. The molecule has 1 N–H and O–H groups in total. The van der Waals surface area contributed by atoms with Crippen molar-refractivity contribution in [1.29, 1.82) is 0 Å². The number of carbonyl (C=O) groups is 2. The van der Waals surface area contributed by atoms with Crippen LogP contribution in [0.2, 0.25) is 0 Å². The first-order valence-corrected chi connectivity index (χ1v) is 14.5. The van der Waals surface area contributed by atoms with Crippen LogP contribution in [-0.2, 0) is 27.4 Å². The minimum Gasteiger partial charge on any atom is -0.385 e. The summed E-state index contributed by atoms with van der Waals surface area (Å²) in [6.45, 7) is 14.7. The van der Waals surface area contributed by atoms with Crippen molar-refractivity contribution in [2.45, 2.75) is 85.5 Å². The second-order valence-corrected chi connectivity index (χ2v) is 12.8. The number of aryl methyl sites for hydroxylation is 1. The molecule has 38 heavy (non-hydrogen) atoms. The van der Waals surface area contributed by atoms with E-state index in [0.717, 1.165) is 51.9 Å². The van der Waals surface area contributed by atoms with Crippen LogP contribution in [0.1, 0.15) is 65.9 Å². The lowest BCUT2D eigenvalue weighted by molar-refractivity contribution is -0.146. The molecule has 2 fully saturated rings. The van der Waals surface area contributed by atoms with Crippen LogP contribution in [0.15, 0.2) is 30.5 Å². The number of fused-ring (bicyclic) bond motifs is 1. The predicted octanol–water partition coefficient (Wildman–Crippen LogP) is 4.68. The minimum absolute atomic E-state index is 0.0376. The van der Waals surface area contributed by atoms with Crippen molar-refractivity contribution < 1.29 is 14.3 Å². The number of nitrogens with one attached hydrogen (secondary N) is 1. The first-order valence-electron chi connectivity index (χ1n) is 14.5. The summed E-state index contributed by atoms with van der Waals surface area (Å²) in [4.78, 5) is 31.6. The van der Waals surface area contributed by atoms with Crippen LogP contribution in [0.25, 0.3) is 10.9 Å². The summed E-state index contributed by atoms with van der Waals surface area (Å²) in [5, 5.41) is 4.73. The van der Waals surface area contributed by atoms with Gasteiger partial charge in [0.15, 0.2) is 0 Å². The number of benzene rings is 1. The Kier molecular flexibility index (Phi) is 9.19. The first kappa shape index (κ1) is 28.6. The third kappa shape index (κ3) is 6.78. The van der Waals surface area contributed by atoms with E-state index in [1.807, 2.05) is 25.7 Å². The van der Waals surface area contributed by atoms with E-state index in [1.165, 1.54) is 16.5 Å². The Morgan fingerprint density at radius 2 is 1.84 bits per heavy atom. The molecule has 1 aromatic heterocycles. The maximum absolute atomic E-state index is 14.1. The number of aromatic nitrogens is 1. The second-order valence-electron chi connectivity index (χ2n) is 12.8. The van der Waals surface area contributed by atoms with Crippen LogP contribution in [0, 0.1) is 17.3 Å². The average molecular weight is 525 g/mol. The lowest BCUT2D eigenvalue weighted by Crippen LogP contribution is -2.57. The molecule has 0 radical (unpaired) electrons. The van der Waals surface area contributed by atoms with E-state index < -0.39 is 5.41 Å². The van der Waals surface area contributed by atoms with E-state index in [2.05, 4.69) is 59.1 Å². The van der Waals surface area contributed by atoms with Crippen molar-refractivity contribution in [3.05, 3.63) is 36.0 Å². The zero-order valence-corrected chi connectivity index (χ0v) is 24.3. The van der Waals surface area contributed by atoms with E-state index in [1.54, 1.807) is 7.11 Å². The van der Waals surface area contributed by atoms with Gasteiger partial charge in [0.2, 0.25) is 11.8 Å². The van der Waals surface area contributed by atoms with Crippen LogP contribution in [-0.4, -0.2) is 71.6 Å². The third-order valence-electron chi connectivity index (χ3n) is 7.81. The molecule has 1 saturated heterocycles. The molecule has 2 heterocycles. The lowest BCUT2D eigenvalue weighted by Gasteiger charge is -2.42. The molecular formula is C31H48N4O3. The summed E-state index contributed by atoms with van der Waals surface area (Å²) in [5.74, 6) is 0.661. The summed E-state index contributed by atoms with van der Waals surface area (Å²) >= 11 is 0. The van der Waals surface area contributed by atoms with Crippen LogP contribution in [0.3, 0.4) is 0 Å². The van der Waals surface area contributed by atoms with Gasteiger partial charge in [0.25, 0.3) is 0 Å². The summed E-state index contributed by atoms with van der Waals surface area (Å²) in [6.07, 6.45) is 6.06. The molecule has 1 aromatic carbocycles. The molecule has 0 bridgehead atoms. The SMILES string of the molecule is COCCCn1cc(CN(C(=O)[C@H]2CNC[C@@H](N(CC(C)C)C(=O)C(C)(C)C)C2)C2CC2)c2ccccc21. The topological polar surface area (TPSA) is 66.8 Å². The van der Waals surface area contributed by atoms with Crippen molar-refractivity contribution in [2.24, 2.45) is 17.3 Å². The average Bonchev–Trinajstić information content (AvgIpc) is 3.67. The number of hydrogen-bond donors (Lipinski definition) is 1. The van der Waals surface area contributed by atoms with Crippen molar-refractivity contribution in [3.63, 3.8) is 0 Å². The van der Waals surface area contributed by atoms with Crippen molar-refractivity contribution in [2.75, 3.05) is 33.4 Å². The molecule has 2 aromatic rings. The summed E-state index contributed by atoms with van der Waals surface area (Å²) in [6, 6.07) is 8.86. The summed E-state index contributed by atoms with van der Waals surface area (Å²) in [5.41, 5.74) is 1.98. The smallest absolute Gasteiger partial charge is 0.228 e. The fraction of sp³-hybridized carbons (Fsp3) is 0.677. The van der Waals surface area contributed by atoms with Crippen molar-refractivity contribution in [3.8, 4) is 0 Å². The molecule has 7 nitrogen and oxygen atoms in total. The zero-order valence-electron chi connectivity index (χ0n) is 24.3. The standard InChI is InChI=1S/C31H48N4O3/c1-22(2)19-35(30(37)31(3,4)5)26-16-23(17-32-18-26)29(36)34(25-12-13-25)21-24-20-33(14-9-15-38-6)28-11-8-7-10-27(24)28/h7-8,10-11,20,22-23,25-26,32H,9,12-19,21H2,1-6H3/t23-,26+/m1/s1. The van der Waals surface area contributed by atoms with E-state index in [-0.39, 0.29) is 23.8 Å². The normalized spacial score (nSPS) is 20.2. The van der Waals surface area contributed by atoms with Crippen LogP contribution >= 0.6 is 0 Å². The fourth-order valence-electron chi connectivity index (χ4n) is 5.77. The number of nitrogens with zero attached hydrogens (tertiary/aromatic N) is 3. The molecule has 1 saturated carbocycles. The largest absolute Gasteiger partial charge is 0.385 e. The van der Waals surface area contributed by atoms with Gasteiger partial charge < -0.3 is 24.4 Å². The third-order valence-corrected chi connectivity index (χ3v) is 7.81. The molecule has 0 unspecified atom stereocenters. The quantitative estimate of drug-likeness (QED) is 0.434. The number of ether oxygens (including phenoxy) is 1. The number of para-hydroxylation sites is 1. The van der Waals surface area contributed by atoms with Gasteiger partial charge in [-0.15, -0.1) is 0 Å². The summed E-state index contributed by atoms with van der Waals surface area (Å²) < 4.78 is 7.57. The Balaban J connectivity index is 1.52. The molecule has 2 atom stereocenters. The molecule has 2 aliphatic rings. The Bertz CT molecular complexity index is 1100. The van der Waals surface area contributed by atoms with Gasteiger partial charge >= 0.3 is 0 Å². The van der Waals surface area contributed by atoms with Gasteiger partial charge in [-0.05, 0) is 43.2 Å². The van der Waals surface area contributed by atoms with Gasteiger partial charge in [-0.3, -0.25) is 9.59 Å². The van der Waals surface area contributed by atoms with E-state index in [4.69, 9.17) is 4.74 Å².